The molecule has 4 atom stereocenters. The molecule has 2 saturated heterocycles. The van der Waals surface area contributed by atoms with E-state index in [1.807, 2.05) is 37.3 Å². The summed E-state index contributed by atoms with van der Waals surface area (Å²) in [5.41, 5.74) is 8.58. The van der Waals surface area contributed by atoms with Crippen molar-refractivity contribution in [1.82, 2.24) is 14.8 Å². The Morgan fingerprint density at radius 3 is 2.47 bits per heavy atom. The van der Waals surface area contributed by atoms with Crippen molar-refractivity contribution in [3.63, 3.8) is 0 Å². The lowest BCUT2D eigenvalue weighted by Crippen LogP contribution is -2.51. The van der Waals surface area contributed by atoms with Crippen molar-refractivity contribution in [3.8, 4) is 6.19 Å². The number of nitriles is 1. The Morgan fingerprint density at radius 1 is 1.19 bits per heavy atom. The van der Waals surface area contributed by atoms with Gasteiger partial charge in [-0.1, -0.05) is 45.9 Å². The van der Waals surface area contributed by atoms with Crippen molar-refractivity contribution < 1.29 is 9.59 Å². The second-order valence-corrected chi connectivity index (χ2v) is 11.0. The maximum Gasteiger partial charge on any atom is 0.251 e. The minimum atomic E-state index is -0.912. The van der Waals surface area contributed by atoms with E-state index in [0.717, 1.165) is 12.0 Å². The molecular formula is C28H36N6O2. The molecule has 1 aromatic heterocycles. The first-order chi connectivity index (χ1) is 17.1. The Hall–Kier alpha value is -3.44. The molecule has 4 unspecified atom stereocenters. The van der Waals surface area contributed by atoms with Crippen molar-refractivity contribution in [1.29, 1.82) is 5.26 Å². The molecule has 8 heteroatoms. The Kier molecular flexibility index (Phi) is 7.32. The van der Waals surface area contributed by atoms with Gasteiger partial charge in [-0.15, -0.1) is 0 Å². The molecule has 2 aromatic rings. The molecule has 1 aromatic carbocycles. The number of rotatable bonds is 5. The summed E-state index contributed by atoms with van der Waals surface area (Å²) in [7, 11) is 0. The van der Waals surface area contributed by atoms with Crippen LogP contribution >= 0.6 is 0 Å². The van der Waals surface area contributed by atoms with Crippen molar-refractivity contribution in [3.05, 3.63) is 59.9 Å². The third-order valence-electron chi connectivity index (χ3n) is 7.39. The minimum Gasteiger partial charge on any atom is -0.339 e. The van der Waals surface area contributed by atoms with Crippen LogP contribution in [-0.2, 0) is 15.0 Å². The molecule has 0 bridgehead atoms. The molecule has 0 spiro atoms. The topological polar surface area (TPSA) is 107 Å². The van der Waals surface area contributed by atoms with Gasteiger partial charge < -0.3 is 10.6 Å². The first-order valence-electron chi connectivity index (χ1n) is 12.7. The van der Waals surface area contributed by atoms with E-state index in [1.165, 1.54) is 4.90 Å². The fraction of sp³-hybridized carbons (Fsp3) is 0.500. The van der Waals surface area contributed by atoms with Crippen molar-refractivity contribution in [2.75, 3.05) is 24.5 Å². The normalized spacial score (nSPS) is 22.8. The maximum atomic E-state index is 14.2. The third-order valence-corrected chi connectivity index (χ3v) is 7.39. The lowest BCUT2D eigenvalue weighted by Gasteiger charge is -2.36. The number of nitrogens with two attached hydrogens (primary N) is 1. The summed E-state index contributed by atoms with van der Waals surface area (Å²) in [6.07, 6.45) is 6.78. The third kappa shape index (κ3) is 5.07. The van der Waals surface area contributed by atoms with Crippen molar-refractivity contribution >= 4 is 17.5 Å². The van der Waals surface area contributed by atoms with Crippen molar-refractivity contribution in [2.45, 2.75) is 64.1 Å². The van der Waals surface area contributed by atoms with E-state index in [0.29, 0.717) is 37.3 Å². The van der Waals surface area contributed by atoms with Crippen LogP contribution in [-0.4, -0.2) is 58.3 Å². The van der Waals surface area contributed by atoms with E-state index in [1.54, 1.807) is 28.3 Å². The van der Waals surface area contributed by atoms with Gasteiger partial charge in [0.2, 0.25) is 0 Å². The number of carbonyl (C=O) groups excluding carboxylic acids is 2. The highest BCUT2D eigenvalue weighted by atomic mass is 16.2. The number of carbonyl (C=O) groups is 2. The fourth-order valence-electron chi connectivity index (χ4n) is 5.11. The maximum absolute atomic E-state index is 14.2. The quantitative estimate of drug-likeness (QED) is 0.648. The van der Waals surface area contributed by atoms with Crippen LogP contribution in [0.25, 0.3) is 0 Å². The average Bonchev–Trinajstić information content (AvgIpc) is 3.48. The highest BCUT2D eigenvalue weighted by Gasteiger charge is 2.43. The number of hydrogen-bond acceptors (Lipinski definition) is 6. The fourth-order valence-corrected chi connectivity index (χ4v) is 5.11. The second-order valence-electron chi connectivity index (χ2n) is 11.0. The summed E-state index contributed by atoms with van der Waals surface area (Å²) in [6, 6.07) is 9.79. The zero-order valence-electron chi connectivity index (χ0n) is 21.6. The summed E-state index contributed by atoms with van der Waals surface area (Å²) in [5.74, 6) is -0.267. The van der Waals surface area contributed by atoms with Crippen LogP contribution < -0.4 is 10.6 Å². The Labute approximate surface area is 213 Å². The van der Waals surface area contributed by atoms with E-state index >= 15 is 0 Å². The first kappa shape index (κ1) is 25.6. The number of anilines is 1. The second kappa shape index (κ2) is 10.3. The summed E-state index contributed by atoms with van der Waals surface area (Å²) < 4.78 is 0. The monoisotopic (exact) mass is 488 g/mol. The predicted octanol–water partition coefficient (Wildman–Crippen LogP) is 3.20. The largest absolute Gasteiger partial charge is 0.339 e. The molecule has 4 rings (SSSR count). The standard InChI is InChI=1S/C28H36N6O2/c1-19-16-33(17-23(19)30)27(36)25(20-7-5-13-31-15-20)34(26(35)24-8-6-14-32(24)18-29)22-11-9-21(10-12-22)28(2,3)4/h5,7,9-13,15,19,23-25H,6,8,14,16-17,30H2,1-4H3. The number of nitrogens with zero attached hydrogens (tertiary/aromatic N) is 5. The van der Waals surface area contributed by atoms with Crippen LogP contribution in [0.4, 0.5) is 5.69 Å². The molecule has 0 saturated carbocycles. The summed E-state index contributed by atoms with van der Waals surface area (Å²) in [5, 5.41) is 9.67. The van der Waals surface area contributed by atoms with Gasteiger partial charge in [0, 0.05) is 49.3 Å². The van der Waals surface area contributed by atoms with Crippen LogP contribution in [0.3, 0.4) is 0 Å². The van der Waals surface area contributed by atoms with Crippen LogP contribution in [0.2, 0.25) is 0 Å². The molecule has 2 amide bonds. The molecule has 190 valence electrons. The Bertz CT molecular complexity index is 1110. The molecule has 36 heavy (non-hydrogen) atoms. The molecule has 2 fully saturated rings. The lowest BCUT2D eigenvalue weighted by atomic mass is 9.87. The zero-order chi connectivity index (χ0) is 26.0. The van der Waals surface area contributed by atoms with E-state index in [4.69, 9.17) is 5.73 Å². The average molecular weight is 489 g/mol. The molecule has 2 aliphatic heterocycles. The number of benzene rings is 1. The van der Waals surface area contributed by atoms with Crippen LogP contribution in [0.1, 0.15) is 57.7 Å². The Balaban J connectivity index is 1.82. The van der Waals surface area contributed by atoms with Gasteiger partial charge in [-0.25, -0.2) is 0 Å². The molecule has 3 heterocycles. The predicted molar refractivity (Wildman–Crippen MR) is 139 cm³/mol. The molecule has 2 N–H and O–H groups in total. The van der Waals surface area contributed by atoms with Gasteiger partial charge in [-0.05, 0) is 47.9 Å². The highest BCUT2D eigenvalue weighted by Crippen LogP contribution is 2.34. The minimum absolute atomic E-state index is 0.0587. The number of amides is 2. The van der Waals surface area contributed by atoms with E-state index in [9.17, 15) is 14.9 Å². The SMILES string of the molecule is CC1CN(C(=O)C(c2cccnc2)N(C(=O)C2CCCN2C#N)c2ccc(C(C)(C)C)cc2)CC1N. The zero-order valence-corrected chi connectivity index (χ0v) is 21.6. The van der Waals surface area contributed by atoms with Gasteiger partial charge in [-0.3, -0.25) is 24.4 Å². The van der Waals surface area contributed by atoms with Gasteiger partial charge in [-0.2, -0.15) is 5.26 Å². The molecule has 0 radical (unpaired) electrons. The first-order valence-corrected chi connectivity index (χ1v) is 12.7. The smallest absolute Gasteiger partial charge is 0.251 e. The van der Waals surface area contributed by atoms with Gasteiger partial charge in [0.05, 0.1) is 0 Å². The van der Waals surface area contributed by atoms with E-state index in [-0.39, 0.29) is 29.2 Å². The van der Waals surface area contributed by atoms with E-state index < -0.39 is 12.1 Å². The molecular weight excluding hydrogens is 452 g/mol. The molecule has 2 aliphatic rings. The number of pyridine rings is 1. The summed E-state index contributed by atoms with van der Waals surface area (Å²) in [4.78, 5) is 37.4. The van der Waals surface area contributed by atoms with Crippen LogP contribution in [0, 0.1) is 17.4 Å². The van der Waals surface area contributed by atoms with Gasteiger partial charge in [0.15, 0.2) is 6.19 Å². The van der Waals surface area contributed by atoms with Gasteiger partial charge in [0.25, 0.3) is 11.8 Å². The number of aromatic nitrogens is 1. The van der Waals surface area contributed by atoms with E-state index in [2.05, 4.69) is 31.9 Å². The van der Waals surface area contributed by atoms with Gasteiger partial charge >= 0.3 is 0 Å². The summed E-state index contributed by atoms with van der Waals surface area (Å²) in [6.45, 7) is 9.95. The molecule has 8 nitrogen and oxygen atoms in total. The number of likely N-dealkylation sites (tertiary alicyclic amines) is 2. The van der Waals surface area contributed by atoms with Crippen LogP contribution in [0.5, 0.6) is 0 Å². The molecule has 0 aliphatic carbocycles. The highest BCUT2D eigenvalue weighted by molar-refractivity contribution is 6.04. The van der Waals surface area contributed by atoms with Gasteiger partial charge in [0.1, 0.15) is 12.1 Å². The van der Waals surface area contributed by atoms with Crippen molar-refractivity contribution in [2.24, 2.45) is 11.7 Å². The van der Waals surface area contributed by atoms with Crippen LogP contribution in [0.15, 0.2) is 48.8 Å². The number of hydrogen-bond donors (Lipinski definition) is 1. The summed E-state index contributed by atoms with van der Waals surface area (Å²) >= 11 is 0. The Morgan fingerprint density at radius 2 is 1.92 bits per heavy atom. The lowest BCUT2D eigenvalue weighted by molar-refractivity contribution is -0.134.